The molecule has 0 bridgehead atoms. The molecule has 14 heavy (non-hydrogen) atoms. The number of carboxylic acid groups (broad SMARTS) is 1. The Bertz CT molecular complexity index is 210. The number of hydrogen-bond acceptors (Lipinski definition) is 2. The highest BCUT2D eigenvalue weighted by molar-refractivity contribution is 5.85. The van der Waals surface area contributed by atoms with E-state index >= 15 is 0 Å². The molecule has 0 spiro atoms. The molecule has 1 aliphatic carbocycles. The highest BCUT2D eigenvalue weighted by Crippen LogP contribution is 2.32. The van der Waals surface area contributed by atoms with Crippen molar-refractivity contribution in [2.24, 2.45) is 5.92 Å². The zero-order valence-corrected chi connectivity index (χ0v) is 9.05. The Morgan fingerprint density at radius 1 is 1.14 bits per heavy atom. The summed E-state index contributed by atoms with van der Waals surface area (Å²) in [7, 11) is 0. The predicted octanol–water partition coefficient (Wildman–Crippen LogP) is 1.80. The van der Waals surface area contributed by atoms with E-state index in [-0.39, 0.29) is 18.4 Å². The number of fused-ring (bicyclic) bond motifs is 1. The zero-order chi connectivity index (χ0) is 9.26. The van der Waals surface area contributed by atoms with Crippen molar-refractivity contribution in [2.45, 2.75) is 50.6 Å². The molecule has 2 fully saturated rings. The molecule has 1 heterocycles. The maximum Gasteiger partial charge on any atom is 0.320 e. The molecular formula is C10H18ClNO2. The number of carbonyl (C=O) groups is 1. The van der Waals surface area contributed by atoms with Gasteiger partial charge in [-0.05, 0) is 31.6 Å². The Labute approximate surface area is 90.7 Å². The van der Waals surface area contributed by atoms with Crippen molar-refractivity contribution >= 4 is 18.4 Å². The van der Waals surface area contributed by atoms with Crippen LogP contribution in [0.4, 0.5) is 0 Å². The van der Waals surface area contributed by atoms with Crippen molar-refractivity contribution in [1.29, 1.82) is 0 Å². The maximum atomic E-state index is 10.8. The molecule has 0 amide bonds. The zero-order valence-electron chi connectivity index (χ0n) is 8.24. The van der Waals surface area contributed by atoms with E-state index < -0.39 is 5.97 Å². The standard InChI is InChI=1S/C10H17NO2.ClH/c12-10(13)9-6-2-4-7-3-1-5-8(7)11-9;/h7-9,11H,1-6H2,(H,12,13);1H/t7-,8+,9-;/m0./s1. The average molecular weight is 220 g/mol. The second-order valence-electron chi connectivity index (χ2n) is 4.29. The van der Waals surface area contributed by atoms with Gasteiger partial charge in [-0.1, -0.05) is 12.8 Å². The molecule has 82 valence electrons. The van der Waals surface area contributed by atoms with Crippen molar-refractivity contribution in [3.05, 3.63) is 0 Å². The fourth-order valence-electron chi connectivity index (χ4n) is 2.72. The van der Waals surface area contributed by atoms with E-state index in [0.29, 0.717) is 6.04 Å². The Kier molecular flexibility index (Phi) is 4.20. The third-order valence-electron chi connectivity index (χ3n) is 3.44. The highest BCUT2D eigenvalue weighted by atomic mass is 35.5. The molecule has 3 atom stereocenters. The lowest BCUT2D eigenvalue weighted by atomic mass is 9.99. The lowest BCUT2D eigenvalue weighted by molar-refractivity contribution is -0.139. The Balaban J connectivity index is 0.000000980. The van der Waals surface area contributed by atoms with Gasteiger partial charge in [-0.2, -0.15) is 0 Å². The van der Waals surface area contributed by atoms with Crippen LogP contribution in [0.15, 0.2) is 0 Å². The first kappa shape index (κ1) is 11.8. The van der Waals surface area contributed by atoms with Crippen LogP contribution in [0.25, 0.3) is 0 Å². The molecule has 1 aliphatic heterocycles. The van der Waals surface area contributed by atoms with Gasteiger partial charge in [-0.15, -0.1) is 12.4 Å². The second kappa shape index (κ2) is 4.99. The summed E-state index contributed by atoms with van der Waals surface area (Å²) in [5.74, 6) is 0.0805. The summed E-state index contributed by atoms with van der Waals surface area (Å²) >= 11 is 0. The first-order valence-electron chi connectivity index (χ1n) is 5.26. The van der Waals surface area contributed by atoms with Crippen LogP contribution in [-0.4, -0.2) is 23.2 Å². The van der Waals surface area contributed by atoms with Gasteiger partial charge in [0.1, 0.15) is 6.04 Å². The summed E-state index contributed by atoms with van der Waals surface area (Å²) in [6, 6.07) is 0.205. The van der Waals surface area contributed by atoms with E-state index in [4.69, 9.17) is 5.11 Å². The van der Waals surface area contributed by atoms with E-state index in [1.54, 1.807) is 0 Å². The van der Waals surface area contributed by atoms with Gasteiger partial charge in [0.05, 0.1) is 0 Å². The number of halogens is 1. The van der Waals surface area contributed by atoms with Crippen LogP contribution in [0.1, 0.15) is 38.5 Å². The Morgan fingerprint density at radius 2 is 1.79 bits per heavy atom. The molecule has 2 aliphatic rings. The van der Waals surface area contributed by atoms with Crippen LogP contribution in [-0.2, 0) is 4.79 Å². The van der Waals surface area contributed by atoms with E-state index in [1.165, 1.54) is 25.7 Å². The summed E-state index contributed by atoms with van der Waals surface area (Å²) in [6.45, 7) is 0. The minimum atomic E-state index is -0.674. The normalized spacial score (nSPS) is 36.7. The van der Waals surface area contributed by atoms with Crippen molar-refractivity contribution in [3.63, 3.8) is 0 Å². The van der Waals surface area contributed by atoms with Crippen LogP contribution in [0.5, 0.6) is 0 Å². The first-order chi connectivity index (χ1) is 6.27. The molecule has 0 radical (unpaired) electrons. The van der Waals surface area contributed by atoms with Gasteiger partial charge >= 0.3 is 5.97 Å². The number of carboxylic acids is 1. The van der Waals surface area contributed by atoms with E-state index in [0.717, 1.165) is 18.8 Å². The van der Waals surface area contributed by atoms with Crippen LogP contribution in [0, 0.1) is 5.92 Å². The summed E-state index contributed by atoms with van der Waals surface area (Å²) in [5, 5.41) is 12.2. The summed E-state index contributed by atoms with van der Waals surface area (Å²) < 4.78 is 0. The molecule has 0 aromatic rings. The highest BCUT2D eigenvalue weighted by Gasteiger charge is 2.33. The number of aliphatic carboxylic acids is 1. The van der Waals surface area contributed by atoms with E-state index in [1.807, 2.05) is 0 Å². The van der Waals surface area contributed by atoms with Crippen molar-refractivity contribution < 1.29 is 9.90 Å². The fraction of sp³-hybridized carbons (Fsp3) is 0.900. The van der Waals surface area contributed by atoms with Crippen LogP contribution in [0.2, 0.25) is 0 Å². The second-order valence-corrected chi connectivity index (χ2v) is 4.29. The largest absolute Gasteiger partial charge is 0.480 e. The predicted molar refractivity (Wildman–Crippen MR) is 56.8 cm³/mol. The molecule has 3 nitrogen and oxygen atoms in total. The molecule has 0 aromatic heterocycles. The SMILES string of the molecule is Cl.O=C(O)[C@@H]1CCC[C@@H]2CCC[C@H]2N1. The molecule has 4 heteroatoms. The van der Waals surface area contributed by atoms with Crippen molar-refractivity contribution in [1.82, 2.24) is 5.32 Å². The number of nitrogens with one attached hydrogen (secondary N) is 1. The number of hydrogen-bond donors (Lipinski definition) is 2. The Hall–Kier alpha value is -0.280. The molecule has 1 saturated heterocycles. The maximum absolute atomic E-state index is 10.8. The quantitative estimate of drug-likeness (QED) is 0.707. The van der Waals surface area contributed by atoms with Gasteiger partial charge in [0.15, 0.2) is 0 Å². The summed E-state index contributed by atoms with van der Waals surface area (Å²) in [4.78, 5) is 10.8. The van der Waals surface area contributed by atoms with Gasteiger partial charge in [-0.25, -0.2) is 0 Å². The third kappa shape index (κ3) is 2.39. The molecule has 0 unspecified atom stereocenters. The monoisotopic (exact) mass is 219 g/mol. The van der Waals surface area contributed by atoms with Gasteiger partial charge in [0.25, 0.3) is 0 Å². The minimum Gasteiger partial charge on any atom is -0.480 e. The van der Waals surface area contributed by atoms with Crippen molar-refractivity contribution in [2.75, 3.05) is 0 Å². The van der Waals surface area contributed by atoms with Gasteiger partial charge < -0.3 is 10.4 Å². The minimum absolute atomic E-state index is 0. The van der Waals surface area contributed by atoms with Crippen LogP contribution >= 0.6 is 12.4 Å². The molecule has 2 rings (SSSR count). The van der Waals surface area contributed by atoms with Crippen LogP contribution < -0.4 is 5.32 Å². The van der Waals surface area contributed by atoms with Gasteiger partial charge in [0.2, 0.25) is 0 Å². The van der Waals surface area contributed by atoms with Crippen LogP contribution in [0.3, 0.4) is 0 Å². The van der Waals surface area contributed by atoms with Crippen molar-refractivity contribution in [3.8, 4) is 0 Å². The number of rotatable bonds is 1. The molecule has 0 aromatic carbocycles. The van der Waals surface area contributed by atoms with E-state index in [9.17, 15) is 4.79 Å². The first-order valence-corrected chi connectivity index (χ1v) is 5.26. The molecular weight excluding hydrogens is 202 g/mol. The topological polar surface area (TPSA) is 49.3 Å². The summed E-state index contributed by atoms with van der Waals surface area (Å²) in [5.41, 5.74) is 0. The third-order valence-corrected chi connectivity index (χ3v) is 3.44. The lowest BCUT2D eigenvalue weighted by Crippen LogP contribution is -2.42. The molecule has 1 saturated carbocycles. The average Bonchev–Trinajstić information content (AvgIpc) is 2.42. The fourth-order valence-corrected chi connectivity index (χ4v) is 2.72. The molecule has 2 N–H and O–H groups in total. The smallest absolute Gasteiger partial charge is 0.320 e. The van der Waals surface area contributed by atoms with E-state index in [2.05, 4.69) is 5.32 Å². The van der Waals surface area contributed by atoms with Gasteiger partial charge in [0, 0.05) is 6.04 Å². The Morgan fingerprint density at radius 3 is 2.43 bits per heavy atom. The summed E-state index contributed by atoms with van der Waals surface area (Å²) in [6.07, 6.45) is 6.85. The van der Waals surface area contributed by atoms with Gasteiger partial charge in [-0.3, -0.25) is 4.79 Å². The lowest BCUT2D eigenvalue weighted by Gasteiger charge is -2.19.